The van der Waals surface area contributed by atoms with Gasteiger partial charge in [-0.2, -0.15) is 0 Å². The van der Waals surface area contributed by atoms with E-state index in [-0.39, 0.29) is 0 Å². The van der Waals surface area contributed by atoms with Crippen molar-refractivity contribution in [3.05, 3.63) is 35.1 Å². The van der Waals surface area contributed by atoms with Gasteiger partial charge < -0.3 is 10.4 Å². The third-order valence-corrected chi connectivity index (χ3v) is 2.01. The van der Waals surface area contributed by atoms with Gasteiger partial charge >= 0.3 is 0 Å². The number of alkyl halides is 2. The minimum atomic E-state index is -3.06. The quantitative estimate of drug-likeness (QED) is 0.642. The van der Waals surface area contributed by atoms with Crippen LogP contribution in [0.5, 0.6) is 0 Å². The van der Waals surface area contributed by atoms with Crippen molar-refractivity contribution in [3.63, 3.8) is 0 Å². The number of hydrogen-bond acceptors (Lipinski definition) is 2. The van der Waals surface area contributed by atoms with Gasteiger partial charge in [-0.25, -0.2) is 22.0 Å². The van der Waals surface area contributed by atoms with Crippen LogP contribution in [0.15, 0.2) is 12.1 Å². The maximum atomic E-state index is 12.8. The molecule has 0 aliphatic carbocycles. The number of rotatable bonds is 4. The third kappa shape index (κ3) is 3.39. The van der Waals surface area contributed by atoms with Crippen LogP contribution in [0.1, 0.15) is 10.4 Å². The minimum Gasteiger partial charge on any atom is -0.385 e. The second-order valence-electron chi connectivity index (χ2n) is 3.37. The third-order valence-electron chi connectivity index (χ3n) is 2.01. The number of aliphatic hydroxyl groups is 1. The van der Waals surface area contributed by atoms with Gasteiger partial charge in [0.1, 0.15) is 6.10 Å². The van der Waals surface area contributed by atoms with Crippen molar-refractivity contribution in [2.24, 2.45) is 0 Å². The lowest BCUT2D eigenvalue weighted by Gasteiger charge is -2.10. The van der Waals surface area contributed by atoms with Crippen LogP contribution in [0.3, 0.4) is 0 Å². The van der Waals surface area contributed by atoms with E-state index in [2.05, 4.69) is 0 Å². The summed E-state index contributed by atoms with van der Waals surface area (Å²) in [6.45, 7) is -0.795. The monoisotopic (exact) mass is 269 g/mol. The Bertz CT molecular complexity index is 429. The van der Waals surface area contributed by atoms with Crippen molar-refractivity contribution < 1.29 is 31.9 Å². The summed E-state index contributed by atoms with van der Waals surface area (Å²) in [6.07, 6.45) is -5.16. The Morgan fingerprint density at radius 1 is 1.22 bits per heavy atom. The summed E-state index contributed by atoms with van der Waals surface area (Å²) in [5, 5.41) is 10.5. The highest BCUT2D eigenvalue weighted by atomic mass is 19.3. The Balaban J connectivity index is 2.73. The van der Waals surface area contributed by atoms with E-state index in [0.717, 1.165) is 0 Å². The highest BCUT2D eigenvalue weighted by molar-refractivity contribution is 5.94. The first kappa shape index (κ1) is 14.4. The maximum Gasteiger partial charge on any atom is 0.265 e. The van der Waals surface area contributed by atoms with E-state index in [4.69, 9.17) is 5.11 Å². The average Bonchev–Trinajstić information content (AvgIpc) is 2.31. The summed E-state index contributed by atoms with van der Waals surface area (Å²) in [5.41, 5.74) is -0.576. The first-order chi connectivity index (χ1) is 8.32. The standard InChI is InChI=1S/C10H8F5NO2/c11-5-1-4(2-6(12)8(5)13)10(18)16-3-7(17)9(14)15/h1-2,7,9,17H,3H2,(H,16,18). The summed E-state index contributed by atoms with van der Waals surface area (Å²) in [5.74, 6) is -5.99. The fourth-order valence-corrected chi connectivity index (χ4v) is 1.08. The molecule has 0 fully saturated rings. The zero-order valence-corrected chi connectivity index (χ0v) is 8.76. The van der Waals surface area contributed by atoms with Crippen LogP contribution in [-0.2, 0) is 0 Å². The molecular weight excluding hydrogens is 261 g/mol. The molecule has 1 aromatic carbocycles. The molecule has 0 aliphatic heterocycles. The molecule has 1 atom stereocenters. The molecule has 100 valence electrons. The second-order valence-corrected chi connectivity index (χ2v) is 3.37. The number of amides is 1. The number of benzene rings is 1. The summed E-state index contributed by atoms with van der Waals surface area (Å²) in [4.78, 5) is 11.3. The van der Waals surface area contributed by atoms with Gasteiger partial charge in [0, 0.05) is 12.1 Å². The molecule has 1 rings (SSSR count). The minimum absolute atomic E-state index is 0.419. The molecule has 1 amide bonds. The molecule has 0 spiro atoms. The van der Waals surface area contributed by atoms with E-state index in [0.29, 0.717) is 12.1 Å². The molecule has 0 saturated heterocycles. The molecular formula is C10H8F5NO2. The fourth-order valence-electron chi connectivity index (χ4n) is 1.08. The van der Waals surface area contributed by atoms with Crippen LogP contribution in [0, 0.1) is 17.5 Å². The van der Waals surface area contributed by atoms with Crippen molar-refractivity contribution in [1.29, 1.82) is 0 Å². The normalized spacial score (nSPS) is 12.6. The Kier molecular flexibility index (Phi) is 4.60. The van der Waals surface area contributed by atoms with Crippen molar-refractivity contribution in [2.75, 3.05) is 6.54 Å². The zero-order valence-electron chi connectivity index (χ0n) is 8.76. The highest BCUT2D eigenvalue weighted by Gasteiger charge is 2.19. The Labute approximate surface area is 98.2 Å². The van der Waals surface area contributed by atoms with Crippen molar-refractivity contribution in [3.8, 4) is 0 Å². The van der Waals surface area contributed by atoms with Crippen LogP contribution in [0.4, 0.5) is 22.0 Å². The predicted octanol–water partition coefficient (Wildman–Crippen LogP) is 1.46. The van der Waals surface area contributed by atoms with E-state index in [1.165, 1.54) is 0 Å². The van der Waals surface area contributed by atoms with Crippen LogP contribution < -0.4 is 5.32 Å². The summed E-state index contributed by atoms with van der Waals surface area (Å²) < 4.78 is 61.9. The zero-order chi connectivity index (χ0) is 13.9. The fraction of sp³-hybridized carbons (Fsp3) is 0.300. The SMILES string of the molecule is O=C(NCC(O)C(F)F)c1cc(F)c(F)c(F)c1. The van der Waals surface area contributed by atoms with Gasteiger partial charge in [0.25, 0.3) is 12.3 Å². The summed E-state index contributed by atoms with van der Waals surface area (Å²) in [6, 6.07) is 0.838. The Hall–Kier alpha value is -1.70. The van der Waals surface area contributed by atoms with Crippen LogP contribution in [0.25, 0.3) is 0 Å². The van der Waals surface area contributed by atoms with E-state index in [9.17, 15) is 26.7 Å². The predicted molar refractivity (Wildman–Crippen MR) is 50.7 cm³/mol. The molecule has 8 heteroatoms. The molecule has 18 heavy (non-hydrogen) atoms. The van der Waals surface area contributed by atoms with Crippen LogP contribution >= 0.6 is 0 Å². The highest BCUT2D eigenvalue weighted by Crippen LogP contribution is 2.13. The molecule has 0 aromatic heterocycles. The lowest BCUT2D eigenvalue weighted by Crippen LogP contribution is -2.35. The van der Waals surface area contributed by atoms with Gasteiger partial charge in [0.2, 0.25) is 0 Å². The number of carbonyl (C=O) groups excluding carboxylic acids is 1. The van der Waals surface area contributed by atoms with Crippen molar-refractivity contribution in [1.82, 2.24) is 5.32 Å². The van der Waals surface area contributed by atoms with Gasteiger partial charge in [-0.05, 0) is 12.1 Å². The van der Waals surface area contributed by atoms with E-state index in [1.54, 1.807) is 0 Å². The first-order valence-electron chi connectivity index (χ1n) is 4.72. The van der Waals surface area contributed by atoms with Gasteiger partial charge in [-0.3, -0.25) is 4.79 Å². The topological polar surface area (TPSA) is 49.3 Å². The molecule has 0 saturated carbocycles. The molecule has 2 N–H and O–H groups in total. The Morgan fingerprint density at radius 3 is 2.17 bits per heavy atom. The number of nitrogens with one attached hydrogen (secondary N) is 1. The number of aliphatic hydroxyl groups excluding tert-OH is 1. The number of halogens is 5. The summed E-state index contributed by atoms with van der Waals surface area (Å²) in [7, 11) is 0. The molecule has 0 aliphatic rings. The molecule has 0 heterocycles. The largest absolute Gasteiger partial charge is 0.385 e. The maximum absolute atomic E-state index is 12.8. The smallest absolute Gasteiger partial charge is 0.265 e. The number of hydrogen-bond donors (Lipinski definition) is 2. The first-order valence-corrected chi connectivity index (χ1v) is 4.72. The van der Waals surface area contributed by atoms with E-state index < -0.39 is 48.0 Å². The van der Waals surface area contributed by atoms with E-state index >= 15 is 0 Å². The van der Waals surface area contributed by atoms with Gasteiger partial charge in [-0.1, -0.05) is 0 Å². The second kappa shape index (κ2) is 5.76. The van der Waals surface area contributed by atoms with Crippen LogP contribution in [0.2, 0.25) is 0 Å². The summed E-state index contributed by atoms with van der Waals surface area (Å²) >= 11 is 0. The van der Waals surface area contributed by atoms with Gasteiger partial charge in [-0.15, -0.1) is 0 Å². The van der Waals surface area contributed by atoms with Crippen molar-refractivity contribution in [2.45, 2.75) is 12.5 Å². The van der Waals surface area contributed by atoms with Gasteiger partial charge in [0.05, 0.1) is 0 Å². The number of carbonyl (C=O) groups is 1. The van der Waals surface area contributed by atoms with Crippen LogP contribution in [-0.4, -0.2) is 30.1 Å². The Morgan fingerprint density at radius 2 is 1.72 bits per heavy atom. The van der Waals surface area contributed by atoms with Gasteiger partial charge in [0.15, 0.2) is 17.5 Å². The van der Waals surface area contributed by atoms with E-state index in [1.807, 2.05) is 5.32 Å². The lowest BCUT2D eigenvalue weighted by molar-refractivity contribution is -0.00270. The lowest BCUT2D eigenvalue weighted by atomic mass is 10.2. The molecule has 0 radical (unpaired) electrons. The molecule has 0 bridgehead atoms. The average molecular weight is 269 g/mol. The molecule has 1 aromatic rings. The molecule has 3 nitrogen and oxygen atoms in total. The molecule has 1 unspecified atom stereocenters. The van der Waals surface area contributed by atoms with Crippen molar-refractivity contribution >= 4 is 5.91 Å².